The molecule has 0 bridgehead atoms. The Morgan fingerprint density at radius 3 is 2.71 bits per heavy atom. The van der Waals surface area contributed by atoms with Gasteiger partial charge in [-0.1, -0.05) is 0 Å². The van der Waals surface area contributed by atoms with Crippen LogP contribution in [0.4, 0.5) is 4.79 Å². The maximum atomic E-state index is 11.7. The summed E-state index contributed by atoms with van der Waals surface area (Å²) in [5.41, 5.74) is 0. The molecular formula is C11H19N2NaO3. The molecule has 92 valence electrons. The number of hydrogen-bond donors (Lipinski definition) is 2. The average Bonchev–Trinajstić information content (AvgIpc) is 3.03. The van der Waals surface area contributed by atoms with Crippen LogP contribution in [0.2, 0.25) is 0 Å². The molecular weight excluding hydrogens is 231 g/mol. The summed E-state index contributed by atoms with van der Waals surface area (Å²) in [6.45, 7) is 1.19. The third kappa shape index (κ3) is 4.16. The van der Waals surface area contributed by atoms with Gasteiger partial charge in [-0.3, -0.25) is 9.69 Å². The maximum Gasteiger partial charge on any atom is 1.00 e. The predicted octanol–water partition coefficient (Wildman–Crippen LogP) is -1.84. The molecule has 2 aliphatic rings. The van der Waals surface area contributed by atoms with Crippen molar-refractivity contribution in [2.45, 2.75) is 38.1 Å². The SMILES string of the molecule is O=C1NCCCCC1N(CC1CC1)C(=O)O.[H-].[Na+]. The van der Waals surface area contributed by atoms with E-state index in [2.05, 4.69) is 5.32 Å². The van der Waals surface area contributed by atoms with Gasteiger partial charge in [-0.25, -0.2) is 4.79 Å². The van der Waals surface area contributed by atoms with E-state index in [0.717, 1.165) is 25.7 Å². The molecule has 0 spiro atoms. The molecule has 6 heteroatoms. The minimum atomic E-state index is -0.964. The van der Waals surface area contributed by atoms with E-state index in [1.807, 2.05) is 0 Å². The molecule has 1 aliphatic heterocycles. The molecule has 17 heavy (non-hydrogen) atoms. The van der Waals surface area contributed by atoms with Crippen LogP contribution in [0.15, 0.2) is 0 Å². The monoisotopic (exact) mass is 250 g/mol. The van der Waals surface area contributed by atoms with Gasteiger partial charge in [0.25, 0.3) is 0 Å². The van der Waals surface area contributed by atoms with Crippen molar-refractivity contribution in [2.75, 3.05) is 13.1 Å². The summed E-state index contributed by atoms with van der Waals surface area (Å²) in [5, 5.41) is 11.9. The maximum absolute atomic E-state index is 11.7. The first-order chi connectivity index (χ1) is 7.68. The van der Waals surface area contributed by atoms with Crippen LogP contribution in [0.5, 0.6) is 0 Å². The molecule has 2 fully saturated rings. The van der Waals surface area contributed by atoms with Crippen molar-refractivity contribution in [1.29, 1.82) is 0 Å². The second-order valence-corrected chi connectivity index (χ2v) is 4.68. The summed E-state index contributed by atoms with van der Waals surface area (Å²) in [6, 6.07) is -0.472. The zero-order chi connectivity index (χ0) is 11.5. The Labute approximate surface area is 125 Å². The number of carboxylic acid groups (broad SMARTS) is 1. The first-order valence-corrected chi connectivity index (χ1v) is 5.96. The molecule has 1 heterocycles. The van der Waals surface area contributed by atoms with Crippen LogP contribution >= 0.6 is 0 Å². The summed E-state index contributed by atoms with van der Waals surface area (Å²) < 4.78 is 0. The number of nitrogens with zero attached hydrogens (tertiary/aromatic N) is 1. The molecule has 2 N–H and O–H groups in total. The third-order valence-corrected chi connectivity index (χ3v) is 3.28. The molecule has 0 aromatic heterocycles. The van der Waals surface area contributed by atoms with Gasteiger partial charge in [0.05, 0.1) is 0 Å². The first-order valence-electron chi connectivity index (χ1n) is 5.96. The number of rotatable bonds is 3. The van der Waals surface area contributed by atoms with Gasteiger partial charge in [-0.05, 0) is 38.0 Å². The molecule has 2 rings (SSSR count). The van der Waals surface area contributed by atoms with E-state index in [1.54, 1.807) is 0 Å². The largest absolute Gasteiger partial charge is 1.00 e. The summed E-state index contributed by atoms with van der Waals surface area (Å²) in [4.78, 5) is 24.2. The Morgan fingerprint density at radius 2 is 2.12 bits per heavy atom. The van der Waals surface area contributed by atoms with E-state index in [-0.39, 0.29) is 36.9 Å². The van der Waals surface area contributed by atoms with E-state index in [0.29, 0.717) is 25.4 Å². The fourth-order valence-electron chi connectivity index (χ4n) is 2.14. The van der Waals surface area contributed by atoms with Gasteiger partial charge in [-0.15, -0.1) is 0 Å². The molecule has 0 radical (unpaired) electrons. The Morgan fingerprint density at radius 1 is 1.41 bits per heavy atom. The van der Waals surface area contributed by atoms with Crippen molar-refractivity contribution < 1.29 is 45.7 Å². The summed E-state index contributed by atoms with van der Waals surface area (Å²) in [7, 11) is 0. The summed E-state index contributed by atoms with van der Waals surface area (Å²) in [6.07, 6.45) is 3.74. The van der Waals surface area contributed by atoms with Crippen LogP contribution in [-0.4, -0.2) is 41.1 Å². The number of carbonyl (C=O) groups excluding carboxylic acids is 1. The van der Waals surface area contributed by atoms with E-state index in [9.17, 15) is 9.59 Å². The van der Waals surface area contributed by atoms with Crippen LogP contribution in [-0.2, 0) is 4.79 Å². The quantitative estimate of drug-likeness (QED) is 0.578. The van der Waals surface area contributed by atoms with Gasteiger partial charge in [0.15, 0.2) is 0 Å². The summed E-state index contributed by atoms with van der Waals surface area (Å²) >= 11 is 0. The fourth-order valence-corrected chi connectivity index (χ4v) is 2.14. The van der Waals surface area contributed by atoms with Crippen LogP contribution < -0.4 is 34.9 Å². The van der Waals surface area contributed by atoms with Crippen LogP contribution in [0.1, 0.15) is 33.5 Å². The van der Waals surface area contributed by atoms with E-state index < -0.39 is 12.1 Å². The van der Waals surface area contributed by atoms with E-state index in [1.165, 1.54) is 4.90 Å². The molecule has 1 saturated heterocycles. The molecule has 1 unspecified atom stereocenters. The molecule has 1 aliphatic carbocycles. The zero-order valence-electron chi connectivity index (χ0n) is 11.3. The van der Waals surface area contributed by atoms with Gasteiger partial charge >= 0.3 is 35.7 Å². The van der Waals surface area contributed by atoms with Crippen molar-refractivity contribution in [3.63, 3.8) is 0 Å². The molecule has 0 aromatic carbocycles. The Hall–Kier alpha value is -0.260. The molecule has 2 amide bonds. The van der Waals surface area contributed by atoms with Gasteiger partial charge in [-0.2, -0.15) is 0 Å². The van der Waals surface area contributed by atoms with Crippen LogP contribution in [0.25, 0.3) is 0 Å². The van der Waals surface area contributed by atoms with Crippen LogP contribution in [0.3, 0.4) is 0 Å². The minimum absolute atomic E-state index is 0. The standard InChI is InChI=1S/C11H18N2O3.Na.H/c14-10-9(3-1-2-6-12-10)13(11(15)16)7-8-4-5-8;;/h8-9H,1-7H2,(H,12,14)(H,15,16);;/q;+1;-1. The summed E-state index contributed by atoms with van der Waals surface area (Å²) in [5.74, 6) is 0.354. The van der Waals surface area contributed by atoms with Crippen molar-refractivity contribution >= 4 is 12.0 Å². The fraction of sp³-hybridized carbons (Fsp3) is 0.818. The van der Waals surface area contributed by atoms with E-state index in [4.69, 9.17) is 5.11 Å². The van der Waals surface area contributed by atoms with E-state index >= 15 is 0 Å². The van der Waals surface area contributed by atoms with Gasteiger partial charge in [0.1, 0.15) is 6.04 Å². The number of carbonyl (C=O) groups is 2. The second kappa shape index (κ2) is 6.61. The van der Waals surface area contributed by atoms with Crippen molar-refractivity contribution in [3.05, 3.63) is 0 Å². The predicted molar refractivity (Wildman–Crippen MR) is 59.2 cm³/mol. The molecule has 0 aromatic rings. The first kappa shape index (κ1) is 14.8. The van der Waals surface area contributed by atoms with Gasteiger partial charge in [0.2, 0.25) is 5.91 Å². The average molecular weight is 250 g/mol. The molecule has 1 atom stereocenters. The Balaban J connectivity index is 0.00000144. The third-order valence-electron chi connectivity index (χ3n) is 3.28. The number of amides is 2. The van der Waals surface area contributed by atoms with Gasteiger partial charge < -0.3 is 11.8 Å². The Bertz CT molecular complexity index is 300. The van der Waals surface area contributed by atoms with Crippen molar-refractivity contribution in [2.24, 2.45) is 5.92 Å². The number of nitrogens with one attached hydrogen (secondary N) is 1. The second-order valence-electron chi connectivity index (χ2n) is 4.68. The van der Waals surface area contributed by atoms with Gasteiger partial charge in [0, 0.05) is 13.1 Å². The van der Waals surface area contributed by atoms with Crippen molar-refractivity contribution in [3.8, 4) is 0 Å². The Kier molecular flexibility index (Phi) is 5.76. The van der Waals surface area contributed by atoms with Crippen LogP contribution in [0, 0.1) is 5.92 Å². The molecule has 1 saturated carbocycles. The topological polar surface area (TPSA) is 69.6 Å². The molecule has 5 nitrogen and oxygen atoms in total. The normalized spacial score (nSPS) is 24.2. The van der Waals surface area contributed by atoms with Crippen molar-refractivity contribution in [1.82, 2.24) is 10.2 Å². The minimum Gasteiger partial charge on any atom is -1.00 e. The number of hydrogen-bond acceptors (Lipinski definition) is 2. The zero-order valence-corrected chi connectivity index (χ0v) is 12.3. The smallest absolute Gasteiger partial charge is 1.00 e.